The molecule has 1 amide bonds. The average Bonchev–Trinajstić information content (AvgIpc) is 2.77. The highest BCUT2D eigenvalue weighted by molar-refractivity contribution is 5.75. The average molecular weight is 436 g/mol. The van der Waals surface area contributed by atoms with Crippen molar-refractivity contribution in [3.63, 3.8) is 0 Å². The first-order chi connectivity index (χ1) is 14.9. The number of aliphatic hydroxyl groups is 1. The van der Waals surface area contributed by atoms with Crippen LogP contribution >= 0.6 is 0 Å². The fourth-order valence-corrected chi connectivity index (χ4v) is 3.32. The number of carbonyl (C=O) groups is 1. The fraction of sp³-hybridized carbons (Fsp3) is 0.458. The van der Waals surface area contributed by atoms with Crippen molar-refractivity contribution in [1.82, 2.24) is 0 Å². The van der Waals surface area contributed by atoms with E-state index >= 15 is 0 Å². The molecule has 2 aromatic rings. The van der Waals surface area contributed by atoms with Crippen molar-refractivity contribution in [2.24, 2.45) is 0 Å². The van der Waals surface area contributed by atoms with Gasteiger partial charge in [-0.15, -0.1) is 0 Å². The molecule has 5 nitrogen and oxygen atoms in total. The largest absolute Gasteiger partial charge is 0.506 e. The molecule has 0 spiro atoms. The highest BCUT2D eigenvalue weighted by atomic mass is 19.3. The minimum absolute atomic E-state index is 0.0271. The Morgan fingerprint density at radius 2 is 1.68 bits per heavy atom. The molecule has 1 unspecified atom stereocenters. The predicted octanol–water partition coefficient (Wildman–Crippen LogP) is 5.53. The first-order valence-corrected chi connectivity index (χ1v) is 10.7. The van der Waals surface area contributed by atoms with Gasteiger partial charge in [-0.25, -0.2) is 0 Å². The highest BCUT2D eigenvalue weighted by Gasteiger charge is 2.31. The number of hydrogen-bond acceptors (Lipinski definition) is 4. The van der Waals surface area contributed by atoms with E-state index in [1.807, 2.05) is 0 Å². The maximum Gasteiger partial charge on any atom is 0.296 e. The number of alkyl halides is 2. The van der Waals surface area contributed by atoms with E-state index in [4.69, 9.17) is 4.74 Å². The third-order valence-corrected chi connectivity index (χ3v) is 5.12. The number of benzene rings is 2. The molecule has 1 atom stereocenters. The molecule has 0 saturated heterocycles. The monoisotopic (exact) mass is 435 g/mol. The SMILES string of the molecule is O=CNc1cc(C(O)CCCCCCCCOCC(F)(F)c2ccccc2)ccc1O. The second-order valence-electron chi connectivity index (χ2n) is 7.59. The Labute approximate surface area is 182 Å². The van der Waals surface area contributed by atoms with Gasteiger partial charge in [0.25, 0.3) is 5.92 Å². The summed E-state index contributed by atoms with van der Waals surface area (Å²) in [5.41, 5.74) is 0.891. The number of aliphatic hydroxyl groups excluding tert-OH is 1. The standard InChI is InChI=1S/C24H31F2NO4/c25-24(26,20-10-6-5-7-11-20)17-31-15-9-4-2-1-3-8-12-22(29)19-13-14-23(30)21(16-19)27-18-28/h5-7,10-11,13-14,16,18,22,29-30H,1-4,8-9,12,15,17H2,(H,27,28). The molecule has 0 radical (unpaired) electrons. The summed E-state index contributed by atoms with van der Waals surface area (Å²) >= 11 is 0. The van der Waals surface area contributed by atoms with Crippen LogP contribution in [0.15, 0.2) is 48.5 Å². The normalized spacial score (nSPS) is 12.5. The number of anilines is 1. The van der Waals surface area contributed by atoms with E-state index in [0.29, 0.717) is 25.0 Å². The van der Waals surface area contributed by atoms with Gasteiger partial charge in [0, 0.05) is 12.2 Å². The maximum absolute atomic E-state index is 14.0. The van der Waals surface area contributed by atoms with E-state index in [2.05, 4.69) is 5.32 Å². The lowest BCUT2D eigenvalue weighted by Gasteiger charge is -2.16. The van der Waals surface area contributed by atoms with Crippen LogP contribution in [0.25, 0.3) is 0 Å². The van der Waals surface area contributed by atoms with Crippen molar-refractivity contribution in [2.45, 2.75) is 57.0 Å². The Balaban J connectivity index is 1.52. The molecule has 0 aliphatic rings. The number of ether oxygens (including phenoxy) is 1. The summed E-state index contributed by atoms with van der Waals surface area (Å²) in [7, 11) is 0. The Morgan fingerprint density at radius 1 is 1.00 bits per heavy atom. The molecular weight excluding hydrogens is 404 g/mol. The number of halogens is 2. The first kappa shape index (κ1) is 24.8. The molecule has 2 aromatic carbocycles. The van der Waals surface area contributed by atoms with E-state index in [0.717, 1.165) is 38.5 Å². The Bertz CT molecular complexity index is 786. The van der Waals surface area contributed by atoms with Crippen LogP contribution in [0, 0.1) is 0 Å². The van der Waals surface area contributed by atoms with Crippen molar-refractivity contribution in [3.05, 3.63) is 59.7 Å². The number of phenols is 1. The zero-order chi connectivity index (χ0) is 22.5. The van der Waals surface area contributed by atoms with Gasteiger partial charge in [0.05, 0.1) is 11.8 Å². The van der Waals surface area contributed by atoms with Crippen LogP contribution < -0.4 is 5.32 Å². The summed E-state index contributed by atoms with van der Waals surface area (Å²) in [5, 5.41) is 22.3. The van der Waals surface area contributed by atoms with Crippen LogP contribution in [0.4, 0.5) is 14.5 Å². The third-order valence-electron chi connectivity index (χ3n) is 5.12. The van der Waals surface area contributed by atoms with Crippen LogP contribution in [-0.2, 0) is 15.5 Å². The smallest absolute Gasteiger partial charge is 0.296 e. The van der Waals surface area contributed by atoms with Gasteiger partial charge in [-0.1, -0.05) is 68.5 Å². The van der Waals surface area contributed by atoms with Gasteiger partial charge in [0.1, 0.15) is 12.4 Å². The molecule has 31 heavy (non-hydrogen) atoms. The fourth-order valence-electron chi connectivity index (χ4n) is 3.32. The van der Waals surface area contributed by atoms with Gasteiger partial charge >= 0.3 is 0 Å². The molecule has 0 bridgehead atoms. The molecule has 170 valence electrons. The molecule has 2 rings (SSSR count). The quantitative estimate of drug-likeness (QED) is 0.195. The van der Waals surface area contributed by atoms with Crippen molar-refractivity contribution in [2.75, 3.05) is 18.5 Å². The molecular formula is C24H31F2NO4. The zero-order valence-electron chi connectivity index (χ0n) is 17.6. The molecule has 0 aromatic heterocycles. The molecule has 7 heteroatoms. The molecule has 0 saturated carbocycles. The molecule has 0 aliphatic carbocycles. The van der Waals surface area contributed by atoms with Crippen molar-refractivity contribution in [1.29, 1.82) is 0 Å². The minimum Gasteiger partial charge on any atom is -0.506 e. The van der Waals surface area contributed by atoms with Gasteiger partial charge < -0.3 is 20.3 Å². The Hall–Kier alpha value is -2.51. The summed E-state index contributed by atoms with van der Waals surface area (Å²) in [6.07, 6.45) is 5.86. The van der Waals surface area contributed by atoms with Gasteiger partial charge in [-0.2, -0.15) is 8.78 Å². The van der Waals surface area contributed by atoms with E-state index in [9.17, 15) is 23.8 Å². The molecule has 0 heterocycles. The van der Waals surface area contributed by atoms with Crippen LogP contribution in [-0.4, -0.2) is 29.8 Å². The molecule has 3 N–H and O–H groups in total. The van der Waals surface area contributed by atoms with Crippen molar-refractivity contribution >= 4 is 12.1 Å². The topological polar surface area (TPSA) is 78.8 Å². The summed E-state index contributed by atoms with van der Waals surface area (Å²) in [4.78, 5) is 10.5. The number of phenolic OH excluding ortho intramolecular Hbond substituents is 1. The molecule has 0 aliphatic heterocycles. The number of rotatable bonds is 15. The summed E-state index contributed by atoms with van der Waals surface area (Å²) in [6, 6.07) is 12.4. The Kier molecular flexibility index (Phi) is 10.4. The highest BCUT2D eigenvalue weighted by Crippen LogP contribution is 2.29. The first-order valence-electron chi connectivity index (χ1n) is 10.7. The van der Waals surface area contributed by atoms with E-state index in [-0.39, 0.29) is 17.0 Å². The van der Waals surface area contributed by atoms with Crippen molar-refractivity contribution < 1.29 is 28.5 Å². The van der Waals surface area contributed by atoms with E-state index < -0.39 is 18.6 Å². The van der Waals surface area contributed by atoms with E-state index in [1.54, 1.807) is 30.3 Å². The van der Waals surface area contributed by atoms with Crippen LogP contribution in [0.3, 0.4) is 0 Å². The maximum atomic E-state index is 14.0. The van der Waals surface area contributed by atoms with Gasteiger partial charge in [-0.3, -0.25) is 4.79 Å². The van der Waals surface area contributed by atoms with Crippen LogP contribution in [0.5, 0.6) is 5.75 Å². The lowest BCUT2D eigenvalue weighted by Crippen LogP contribution is -2.21. The van der Waals surface area contributed by atoms with Gasteiger partial charge in [0.2, 0.25) is 6.41 Å². The summed E-state index contributed by atoms with van der Waals surface area (Å²) in [5.74, 6) is -3.01. The van der Waals surface area contributed by atoms with E-state index in [1.165, 1.54) is 18.2 Å². The number of nitrogens with one attached hydrogen (secondary N) is 1. The second-order valence-corrected chi connectivity index (χ2v) is 7.59. The van der Waals surface area contributed by atoms with Crippen molar-refractivity contribution in [3.8, 4) is 5.75 Å². The summed E-state index contributed by atoms with van der Waals surface area (Å²) in [6.45, 7) is -0.282. The number of carbonyl (C=O) groups excluding carboxylic acids is 1. The number of unbranched alkanes of at least 4 members (excludes halogenated alkanes) is 5. The number of aromatic hydroxyl groups is 1. The Morgan fingerprint density at radius 3 is 2.39 bits per heavy atom. The second kappa shape index (κ2) is 13.0. The third kappa shape index (κ3) is 8.63. The molecule has 0 fully saturated rings. The number of amides is 1. The summed E-state index contributed by atoms with van der Waals surface area (Å²) < 4.78 is 33.1. The van der Waals surface area contributed by atoms with Gasteiger partial charge in [0.15, 0.2) is 0 Å². The lowest BCUT2D eigenvalue weighted by molar-refractivity contribution is -0.105. The zero-order valence-corrected chi connectivity index (χ0v) is 17.6. The van der Waals surface area contributed by atoms with Crippen LogP contribution in [0.1, 0.15) is 62.2 Å². The predicted molar refractivity (Wildman–Crippen MR) is 116 cm³/mol. The van der Waals surface area contributed by atoms with Gasteiger partial charge in [-0.05, 0) is 30.5 Å². The minimum atomic E-state index is -2.97. The lowest BCUT2D eigenvalue weighted by atomic mass is 10.0. The van der Waals surface area contributed by atoms with Crippen LogP contribution in [0.2, 0.25) is 0 Å². The number of hydrogen-bond donors (Lipinski definition) is 3.